The number of nitrogens with one attached hydrogen (secondary N) is 1. The minimum Gasteiger partial charge on any atom is -0.307 e. The molecule has 2 amide bonds. The lowest BCUT2D eigenvalue weighted by molar-refractivity contribution is 0.229. The molecule has 5 heteroatoms. The van der Waals surface area contributed by atoms with Crippen LogP contribution in [0.25, 0.3) is 5.70 Å². The molecule has 26 heavy (non-hydrogen) atoms. The third kappa shape index (κ3) is 4.48. The van der Waals surface area contributed by atoms with Crippen LogP contribution >= 0.6 is 11.9 Å². The molecule has 3 N–H and O–H groups in total. The van der Waals surface area contributed by atoms with Crippen molar-refractivity contribution in [3.05, 3.63) is 71.8 Å². The first kappa shape index (κ1) is 18.5. The highest BCUT2D eigenvalue weighted by atomic mass is 32.2. The third-order valence-electron chi connectivity index (χ3n) is 4.64. The fourth-order valence-electron chi connectivity index (χ4n) is 3.15. The molecule has 0 aromatic heterocycles. The van der Waals surface area contributed by atoms with Crippen LogP contribution in [0.5, 0.6) is 0 Å². The zero-order chi connectivity index (χ0) is 18.4. The van der Waals surface area contributed by atoms with Crippen LogP contribution in [0.1, 0.15) is 36.0 Å². The maximum atomic E-state index is 12.4. The summed E-state index contributed by atoms with van der Waals surface area (Å²) in [7, 11) is 0. The van der Waals surface area contributed by atoms with E-state index in [0.29, 0.717) is 6.54 Å². The minimum absolute atomic E-state index is 0.129. The number of fused-ring (bicyclic) bond motifs is 1. The maximum absolute atomic E-state index is 12.4. The van der Waals surface area contributed by atoms with Crippen molar-refractivity contribution < 1.29 is 4.79 Å². The van der Waals surface area contributed by atoms with Crippen molar-refractivity contribution in [2.75, 3.05) is 11.1 Å². The van der Waals surface area contributed by atoms with E-state index in [1.807, 2.05) is 24.3 Å². The van der Waals surface area contributed by atoms with Gasteiger partial charge in [0.1, 0.15) is 0 Å². The van der Waals surface area contributed by atoms with Crippen LogP contribution in [0.3, 0.4) is 0 Å². The summed E-state index contributed by atoms with van der Waals surface area (Å²) < 4.78 is 0. The summed E-state index contributed by atoms with van der Waals surface area (Å²) in [6, 6.07) is 16.1. The fourth-order valence-corrected chi connectivity index (χ4v) is 3.52. The van der Waals surface area contributed by atoms with Crippen LogP contribution < -0.4 is 10.5 Å². The number of carbonyl (C=O) groups is 1. The van der Waals surface area contributed by atoms with Gasteiger partial charge in [0.25, 0.3) is 0 Å². The normalized spacial score (nSPS) is 13.5. The Bertz CT molecular complexity index is 773. The molecule has 0 bridgehead atoms. The zero-order valence-corrected chi connectivity index (χ0v) is 15.7. The summed E-state index contributed by atoms with van der Waals surface area (Å²) in [6.45, 7) is 4.64. The maximum Gasteiger partial charge on any atom is 0.326 e. The largest absolute Gasteiger partial charge is 0.326 e. The lowest BCUT2D eigenvalue weighted by atomic mass is 10.0. The van der Waals surface area contributed by atoms with Gasteiger partial charge >= 0.3 is 6.03 Å². The van der Waals surface area contributed by atoms with E-state index in [4.69, 9.17) is 5.14 Å². The highest BCUT2D eigenvalue weighted by Gasteiger charge is 2.25. The first-order valence-corrected chi connectivity index (χ1v) is 10.0. The number of nitrogens with two attached hydrogens (primary N) is 1. The van der Waals surface area contributed by atoms with E-state index in [0.717, 1.165) is 34.7 Å². The predicted octanol–water partition coefficient (Wildman–Crippen LogP) is 5.02. The molecule has 136 valence electrons. The smallest absolute Gasteiger partial charge is 0.307 e. The van der Waals surface area contributed by atoms with Crippen molar-refractivity contribution in [2.24, 2.45) is 5.14 Å². The number of nitrogens with zero attached hydrogens (tertiary/aromatic N) is 1. The van der Waals surface area contributed by atoms with Crippen molar-refractivity contribution in [2.45, 2.75) is 32.2 Å². The lowest BCUT2D eigenvalue weighted by Gasteiger charge is -2.31. The lowest BCUT2D eigenvalue weighted by Crippen LogP contribution is -2.36. The van der Waals surface area contributed by atoms with Crippen LogP contribution in [0.15, 0.2) is 55.1 Å². The van der Waals surface area contributed by atoms with E-state index in [1.54, 1.807) is 4.90 Å². The highest BCUT2D eigenvalue weighted by molar-refractivity contribution is 7.97. The molecular formula is C21H25N3OS. The number of urea groups is 1. The number of anilines is 1. The number of para-hydroxylation sites is 1. The fraction of sp³-hybridized carbons (Fsp3) is 0.286. The van der Waals surface area contributed by atoms with E-state index >= 15 is 0 Å². The van der Waals surface area contributed by atoms with E-state index < -0.39 is 0 Å². The van der Waals surface area contributed by atoms with Crippen molar-refractivity contribution in [3.8, 4) is 0 Å². The minimum atomic E-state index is -0.129. The van der Waals surface area contributed by atoms with E-state index in [9.17, 15) is 4.79 Å². The highest BCUT2D eigenvalue weighted by Crippen LogP contribution is 2.31. The molecule has 1 heterocycles. The predicted molar refractivity (Wildman–Crippen MR) is 111 cm³/mol. The van der Waals surface area contributed by atoms with E-state index in [1.165, 1.54) is 36.8 Å². The number of rotatable bonds is 8. The first-order valence-electron chi connectivity index (χ1n) is 8.95. The van der Waals surface area contributed by atoms with Crippen LogP contribution in [-0.2, 0) is 13.0 Å². The molecular weight excluding hydrogens is 342 g/mol. The van der Waals surface area contributed by atoms with Crippen LogP contribution in [0, 0.1) is 0 Å². The summed E-state index contributed by atoms with van der Waals surface area (Å²) in [6.07, 6.45) is 4.65. The van der Waals surface area contributed by atoms with Crippen LogP contribution in [0.4, 0.5) is 10.5 Å². The monoisotopic (exact) mass is 367 g/mol. The Balaban J connectivity index is 1.59. The van der Waals surface area contributed by atoms with Gasteiger partial charge < -0.3 is 5.32 Å². The molecule has 0 saturated carbocycles. The Labute approximate surface area is 159 Å². The summed E-state index contributed by atoms with van der Waals surface area (Å²) in [4.78, 5) is 14.1. The Morgan fingerprint density at radius 3 is 2.50 bits per heavy atom. The Kier molecular flexibility index (Phi) is 6.36. The zero-order valence-electron chi connectivity index (χ0n) is 14.9. The summed E-state index contributed by atoms with van der Waals surface area (Å²) in [5.74, 6) is 1.03. The van der Waals surface area contributed by atoms with Crippen LogP contribution in [-0.4, -0.2) is 16.7 Å². The second-order valence-corrected chi connectivity index (χ2v) is 7.25. The van der Waals surface area contributed by atoms with Gasteiger partial charge in [-0.05, 0) is 36.5 Å². The van der Waals surface area contributed by atoms with Gasteiger partial charge in [0.2, 0.25) is 0 Å². The number of unbranched alkanes of at least 4 members (excludes halogenated alkanes) is 2. The van der Waals surface area contributed by atoms with Crippen molar-refractivity contribution in [1.29, 1.82) is 0 Å². The average molecular weight is 368 g/mol. The van der Waals surface area contributed by atoms with Gasteiger partial charge in [-0.25, -0.2) is 4.79 Å². The molecule has 0 radical (unpaired) electrons. The van der Waals surface area contributed by atoms with Crippen molar-refractivity contribution in [1.82, 2.24) is 4.90 Å². The first-order chi connectivity index (χ1) is 12.7. The van der Waals surface area contributed by atoms with Crippen LogP contribution in [0.2, 0.25) is 0 Å². The van der Waals surface area contributed by atoms with E-state index in [-0.39, 0.29) is 6.03 Å². The number of carbonyl (C=O) groups excluding carboxylic acids is 1. The summed E-state index contributed by atoms with van der Waals surface area (Å²) in [5, 5.41) is 8.37. The quantitative estimate of drug-likeness (QED) is 0.508. The van der Waals surface area contributed by atoms with Crippen molar-refractivity contribution >= 4 is 29.4 Å². The molecule has 4 nitrogen and oxygen atoms in total. The molecule has 2 aromatic carbocycles. The number of amides is 2. The Morgan fingerprint density at radius 2 is 1.73 bits per heavy atom. The SMILES string of the molecule is C=C1c2ccccc2NC(=O)N1Cc1ccc(CCCCCSN)cc1. The molecule has 0 spiro atoms. The molecule has 0 aliphatic carbocycles. The second kappa shape index (κ2) is 8.92. The molecule has 0 saturated heterocycles. The number of hydrogen-bond acceptors (Lipinski definition) is 3. The van der Waals surface area contributed by atoms with Gasteiger partial charge in [0, 0.05) is 17.0 Å². The Morgan fingerprint density at radius 1 is 1.00 bits per heavy atom. The number of aryl methyl sites for hydroxylation is 1. The topological polar surface area (TPSA) is 58.4 Å². The summed E-state index contributed by atoms with van der Waals surface area (Å²) >= 11 is 1.42. The molecule has 3 rings (SSSR count). The second-order valence-electron chi connectivity index (χ2n) is 6.51. The molecule has 0 fully saturated rings. The summed E-state index contributed by atoms with van der Waals surface area (Å²) in [5.41, 5.74) is 4.97. The molecule has 1 aliphatic heterocycles. The molecule has 2 aromatic rings. The van der Waals surface area contributed by atoms with Gasteiger partial charge in [0.15, 0.2) is 0 Å². The molecule has 0 unspecified atom stereocenters. The standard InChI is InChI=1S/C21H25N3OS/c1-16-19-8-4-5-9-20(19)23-21(25)24(16)15-18-12-10-17(11-13-18)7-3-2-6-14-26-22/h4-5,8-13H,1-3,6-7,14-15,22H2,(H,23,25). The van der Waals surface area contributed by atoms with Gasteiger partial charge in [-0.15, -0.1) is 0 Å². The van der Waals surface area contributed by atoms with Gasteiger partial charge in [-0.3, -0.25) is 10.0 Å². The van der Waals surface area contributed by atoms with E-state index in [2.05, 4.69) is 36.2 Å². The third-order valence-corrected chi connectivity index (χ3v) is 5.17. The molecule has 0 atom stereocenters. The Hall–Kier alpha value is -2.24. The number of benzene rings is 2. The van der Waals surface area contributed by atoms with Gasteiger partial charge in [-0.2, -0.15) is 0 Å². The van der Waals surface area contributed by atoms with Gasteiger partial charge in [-0.1, -0.05) is 67.4 Å². The molecule has 1 aliphatic rings. The number of hydrogen-bond donors (Lipinski definition) is 2. The van der Waals surface area contributed by atoms with Crippen molar-refractivity contribution in [3.63, 3.8) is 0 Å². The average Bonchev–Trinajstić information content (AvgIpc) is 2.66. The van der Waals surface area contributed by atoms with Gasteiger partial charge in [0.05, 0.1) is 12.2 Å².